The topological polar surface area (TPSA) is 59.8 Å². The first kappa shape index (κ1) is 31.6. The molecule has 0 amide bonds. The van der Waals surface area contributed by atoms with Crippen molar-refractivity contribution in [1.29, 1.82) is 0 Å². The Kier molecular flexibility index (Phi) is 6.89. The van der Waals surface area contributed by atoms with E-state index < -0.39 is 0 Å². The first-order chi connectivity index (χ1) is 28.3. The van der Waals surface area contributed by atoms with Crippen LogP contribution in [0.2, 0.25) is 0 Å². The first-order valence-electron chi connectivity index (χ1n) is 19.3. The van der Waals surface area contributed by atoms with Crippen LogP contribution >= 0.6 is 0 Å². The van der Waals surface area contributed by atoms with Crippen molar-refractivity contribution in [3.05, 3.63) is 205 Å². The molecule has 11 aromatic rings. The fourth-order valence-corrected chi connectivity index (χ4v) is 8.91. The minimum atomic E-state index is -0.311. The Balaban J connectivity index is 1.14. The van der Waals surface area contributed by atoms with Gasteiger partial charge in [-0.15, -0.1) is 0 Å². The van der Waals surface area contributed by atoms with E-state index in [2.05, 4.69) is 166 Å². The molecule has 0 saturated heterocycles. The van der Waals surface area contributed by atoms with E-state index in [0.29, 0.717) is 5.84 Å². The van der Waals surface area contributed by atoms with Crippen LogP contribution in [-0.2, 0) is 0 Å². The van der Waals surface area contributed by atoms with Gasteiger partial charge in [0, 0.05) is 49.1 Å². The number of amidine groups is 2. The average Bonchev–Trinajstić information content (AvgIpc) is 3.95. The van der Waals surface area contributed by atoms with Crippen LogP contribution in [0.15, 0.2) is 202 Å². The number of para-hydroxylation sites is 4. The summed E-state index contributed by atoms with van der Waals surface area (Å²) in [5.41, 5.74) is 11.3. The highest BCUT2D eigenvalue weighted by Crippen LogP contribution is 2.44. The van der Waals surface area contributed by atoms with Crippen molar-refractivity contribution >= 4 is 77.2 Å². The standard InChI is InChI=1S/C51H33N5O/c1-4-16-32(17-5-1)49-52-50(33-18-6-2-7-19-33)54-51(53-49)40-25-15-29-44-45(40)39-24-14-28-43(48(39)57-44)56-42-27-13-11-23-36(42)38-31-30-37-35-22-10-12-26-41(35)55(46(37)47(38)56)34-20-8-3-9-21-34/h1-31,49H,(H,52,53,54). The molecule has 1 aliphatic rings. The van der Waals surface area contributed by atoms with Crippen LogP contribution in [0.1, 0.15) is 22.9 Å². The molecule has 4 heterocycles. The van der Waals surface area contributed by atoms with Gasteiger partial charge in [-0.25, -0.2) is 9.98 Å². The number of nitrogens with one attached hydrogen (secondary N) is 1. The van der Waals surface area contributed by atoms with Crippen molar-refractivity contribution in [2.75, 3.05) is 0 Å². The lowest BCUT2D eigenvalue weighted by molar-refractivity contribution is 0.665. The van der Waals surface area contributed by atoms with Gasteiger partial charge in [-0.2, -0.15) is 0 Å². The molecule has 0 fully saturated rings. The zero-order chi connectivity index (χ0) is 37.5. The molecule has 6 heteroatoms. The van der Waals surface area contributed by atoms with E-state index in [9.17, 15) is 0 Å². The number of aliphatic imine (C=N–C) groups is 2. The minimum absolute atomic E-state index is 0.311. The summed E-state index contributed by atoms with van der Waals surface area (Å²) in [4.78, 5) is 10.3. The van der Waals surface area contributed by atoms with Crippen molar-refractivity contribution in [1.82, 2.24) is 14.5 Å². The molecule has 1 aliphatic heterocycles. The Morgan fingerprint density at radius 2 is 1.09 bits per heavy atom. The summed E-state index contributed by atoms with van der Waals surface area (Å²) >= 11 is 0. The molecule has 6 nitrogen and oxygen atoms in total. The van der Waals surface area contributed by atoms with Crippen molar-refractivity contribution in [2.45, 2.75) is 6.17 Å². The average molecular weight is 732 g/mol. The van der Waals surface area contributed by atoms with E-state index in [0.717, 1.165) is 72.4 Å². The Labute approximate surface area is 327 Å². The Hall–Kier alpha value is -7.70. The highest BCUT2D eigenvalue weighted by molar-refractivity contribution is 6.26. The Bertz CT molecular complexity index is 3430. The maximum Gasteiger partial charge on any atom is 0.159 e. The number of hydrogen-bond acceptors (Lipinski definition) is 4. The molecule has 0 spiro atoms. The van der Waals surface area contributed by atoms with Crippen LogP contribution in [0.5, 0.6) is 0 Å². The third-order valence-electron chi connectivity index (χ3n) is 11.4. The third-order valence-corrected chi connectivity index (χ3v) is 11.4. The molecule has 12 rings (SSSR count). The van der Waals surface area contributed by atoms with Gasteiger partial charge in [-0.1, -0.05) is 152 Å². The maximum atomic E-state index is 7.00. The van der Waals surface area contributed by atoms with Gasteiger partial charge >= 0.3 is 0 Å². The van der Waals surface area contributed by atoms with E-state index in [1.54, 1.807) is 0 Å². The lowest BCUT2D eigenvalue weighted by Crippen LogP contribution is -2.33. The molecule has 1 atom stereocenters. The van der Waals surface area contributed by atoms with E-state index in [-0.39, 0.29) is 6.17 Å². The zero-order valence-corrected chi connectivity index (χ0v) is 30.7. The largest absolute Gasteiger partial charge is 0.454 e. The molecule has 3 aromatic heterocycles. The summed E-state index contributed by atoms with van der Waals surface area (Å²) in [5, 5.41) is 10.5. The number of rotatable bonds is 5. The van der Waals surface area contributed by atoms with Crippen molar-refractivity contribution in [3.63, 3.8) is 0 Å². The van der Waals surface area contributed by atoms with Gasteiger partial charge in [0.15, 0.2) is 11.4 Å². The normalized spacial score (nSPS) is 14.5. The lowest BCUT2D eigenvalue weighted by atomic mass is 10.0. The second-order valence-electron chi connectivity index (χ2n) is 14.6. The van der Waals surface area contributed by atoms with Crippen LogP contribution in [0.25, 0.3) is 76.9 Å². The summed E-state index contributed by atoms with van der Waals surface area (Å²) in [5.74, 6) is 1.44. The van der Waals surface area contributed by atoms with E-state index in [1.165, 1.54) is 27.1 Å². The second-order valence-corrected chi connectivity index (χ2v) is 14.6. The van der Waals surface area contributed by atoms with E-state index in [1.807, 2.05) is 36.4 Å². The van der Waals surface area contributed by atoms with Crippen LogP contribution < -0.4 is 5.32 Å². The van der Waals surface area contributed by atoms with Gasteiger partial charge in [0.2, 0.25) is 0 Å². The summed E-state index contributed by atoms with van der Waals surface area (Å²) in [6.07, 6.45) is -0.311. The summed E-state index contributed by atoms with van der Waals surface area (Å²) in [6, 6.07) is 66.0. The zero-order valence-electron chi connectivity index (χ0n) is 30.7. The van der Waals surface area contributed by atoms with Gasteiger partial charge < -0.3 is 18.9 Å². The lowest BCUT2D eigenvalue weighted by Gasteiger charge is -2.24. The molecule has 1 N–H and O–H groups in total. The maximum absolute atomic E-state index is 7.00. The van der Waals surface area contributed by atoms with E-state index in [4.69, 9.17) is 14.4 Å². The van der Waals surface area contributed by atoms with Crippen molar-refractivity contribution < 1.29 is 4.42 Å². The van der Waals surface area contributed by atoms with Gasteiger partial charge in [0.1, 0.15) is 17.6 Å². The van der Waals surface area contributed by atoms with Gasteiger partial charge in [0.05, 0.1) is 27.8 Å². The smallest absolute Gasteiger partial charge is 0.159 e. The third kappa shape index (κ3) is 4.77. The fraction of sp³-hybridized carbons (Fsp3) is 0.0196. The summed E-state index contributed by atoms with van der Waals surface area (Å²) < 4.78 is 11.8. The number of nitrogens with zero attached hydrogens (tertiary/aromatic N) is 4. The molecule has 1 unspecified atom stereocenters. The van der Waals surface area contributed by atoms with Gasteiger partial charge in [-0.3, -0.25) is 0 Å². The van der Waals surface area contributed by atoms with E-state index >= 15 is 0 Å². The van der Waals surface area contributed by atoms with Gasteiger partial charge in [-0.05, 0) is 42.0 Å². The molecule has 0 saturated carbocycles. The molecule has 0 aliphatic carbocycles. The SMILES string of the molecule is c1ccc(C2=NC(c3ccccc3)NC(c3cccc4oc5c(-n6c7ccccc7c7ccc8c9ccccc9n(-c9ccccc9)c8c76)cccc5c34)=N2)cc1. The molecular weight excluding hydrogens is 699 g/mol. The van der Waals surface area contributed by atoms with Crippen molar-refractivity contribution in [3.8, 4) is 11.4 Å². The van der Waals surface area contributed by atoms with Crippen LogP contribution in [-0.4, -0.2) is 20.8 Å². The minimum Gasteiger partial charge on any atom is -0.454 e. The van der Waals surface area contributed by atoms with Crippen LogP contribution in [0, 0.1) is 0 Å². The number of aromatic nitrogens is 2. The quantitative estimate of drug-likeness (QED) is 0.192. The molecular formula is C51H33N5O. The Morgan fingerprint density at radius 3 is 1.82 bits per heavy atom. The molecule has 268 valence electrons. The molecule has 8 aromatic carbocycles. The molecule has 57 heavy (non-hydrogen) atoms. The Morgan fingerprint density at radius 1 is 0.491 bits per heavy atom. The molecule has 0 radical (unpaired) electrons. The number of benzene rings is 8. The fourth-order valence-electron chi connectivity index (χ4n) is 8.91. The highest BCUT2D eigenvalue weighted by Gasteiger charge is 2.26. The predicted molar refractivity (Wildman–Crippen MR) is 234 cm³/mol. The second kappa shape index (κ2) is 12.4. The van der Waals surface area contributed by atoms with Gasteiger partial charge in [0.25, 0.3) is 0 Å². The van der Waals surface area contributed by atoms with Crippen LogP contribution in [0.3, 0.4) is 0 Å². The van der Waals surface area contributed by atoms with Crippen LogP contribution in [0.4, 0.5) is 0 Å². The molecule has 0 bridgehead atoms. The number of furan rings is 1. The summed E-state index contributed by atoms with van der Waals surface area (Å²) in [6.45, 7) is 0. The number of hydrogen-bond donors (Lipinski definition) is 1. The first-order valence-corrected chi connectivity index (χ1v) is 19.3. The number of fused-ring (bicyclic) bond motifs is 10. The highest BCUT2D eigenvalue weighted by atomic mass is 16.3. The van der Waals surface area contributed by atoms with Crippen molar-refractivity contribution in [2.24, 2.45) is 9.98 Å². The monoisotopic (exact) mass is 731 g/mol. The summed E-state index contributed by atoms with van der Waals surface area (Å²) in [7, 11) is 0. The predicted octanol–water partition coefficient (Wildman–Crippen LogP) is 12.3.